The van der Waals surface area contributed by atoms with E-state index in [0.29, 0.717) is 22.7 Å². The molecule has 1 amide bonds. The topological polar surface area (TPSA) is 70.2 Å². The predicted octanol–water partition coefficient (Wildman–Crippen LogP) is 4.07. The zero-order chi connectivity index (χ0) is 16.6. The fourth-order valence-electron chi connectivity index (χ4n) is 2.29. The molecule has 0 bridgehead atoms. The van der Waals surface area contributed by atoms with Crippen LogP contribution in [0.15, 0.2) is 36.5 Å². The molecule has 2 heterocycles. The minimum absolute atomic E-state index is 0.196. The summed E-state index contributed by atoms with van der Waals surface area (Å²) in [6, 6.07) is 10.3. The number of pyridine rings is 1. The quantitative estimate of drug-likeness (QED) is 0.761. The molecule has 1 aromatic carbocycles. The molecule has 2 aromatic heterocycles. The van der Waals surface area contributed by atoms with Crippen molar-refractivity contribution >= 4 is 40.4 Å². The van der Waals surface area contributed by atoms with E-state index in [1.54, 1.807) is 47.9 Å². The van der Waals surface area contributed by atoms with Crippen molar-refractivity contribution in [3.63, 3.8) is 0 Å². The van der Waals surface area contributed by atoms with Gasteiger partial charge in [-0.1, -0.05) is 29.3 Å². The maximum absolute atomic E-state index is 12.5. The highest BCUT2D eigenvalue weighted by atomic mass is 35.5. The number of nitrogens with one attached hydrogen (secondary N) is 1. The number of fused-ring (bicyclic) bond motifs is 1. The van der Waals surface area contributed by atoms with E-state index in [0.717, 1.165) is 0 Å². The number of nitriles is 1. The summed E-state index contributed by atoms with van der Waals surface area (Å²) < 4.78 is 1.74. The number of rotatable bonds is 2. The minimum atomic E-state index is -0.437. The van der Waals surface area contributed by atoms with Gasteiger partial charge in [-0.05, 0) is 31.2 Å². The van der Waals surface area contributed by atoms with E-state index in [4.69, 9.17) is 28.5 Å². The smallest absolute Gasteiger partial charge is 0.258 e. The van der Waals surface area contributed by atoms with Crippen molar-refractivity contribution in [2.75, 3.05) is 5.32 Å². The highest BCUT2D eigenvalue weighted by molar-refractivity contribution is 6.40. The second kappa shape index (κ2) is 5.92. The molecule has 1 N–H and O–H groups in total. The summed E-state index contributed by atoms with van der Waals surface area (Å²) in [6.07, 6.45) is 1.77. The van der Waals surface area contributed by atoms with Crippen LogP contribution in [0.1, 0.15) is 21.7 Å². The Balaban J connectivity index is 2.06. The van der Waals surface area contributed by atoms with Gasteiger partial charge in [-0.25, -0.2) is 4.98 Å². The molecular weight excluding hydrogens is 335 g/mol. The van der Waals surface area contributed by atoms with Gasteiger partial charge >= 0.3 is 0 Å². The van der Waals surface area contributed by atoms with Crippen molar-refractivity contribution in [2.24, 2.45) is 0 Å². The number of carbonyl (C=O) groups is 1. The molecular formula is C16H10Cl2N4O. The lowest BCUT2D eigenvalue weighted by Crippen LogP contribution is -2.14. The van der Waals surface area contributed by atoms with Crippen LogP contribution in [-0.4, -0.2) is 15.3 Å². The molecule has 0 atom stereocenters. The largest absolute Gasteiger partial charge is 0.319 e. The van der Waals surface area contributed by atoms with Crippen molar-refractivity contribution in [3.8, 4) is 6.07 Å². The number of amides is 1. The Morgan fingerprint density at radius 1 is 1.26 bits per heavy atom. The third-order valence-corrected chi connectivity index (χ3v) is 4.06. The van der Waals surface area contributed by atoms with E-state index in [1.807, 2.05) is 6.07 Å². The number of hydrogen-bond acceptors (Lipinski definition) is 3. The van der Waals surface area contributed by atoms with E-state index in [1.165, 1.54) is 0 Å². The lowest BCUT2D eigenvalue weighted by molar-refractivity contribution is 0.102. The highest BCUT2D eigenvalue weighted by Gasteiger charge is 2.17. The van der Waals surface area contributed by atoms with E-state index in [2.05, 4.69) is 10.3 Å². The van der Waals surface area contributed by atoms with Crippen molar-refractivity contribution in [3.05, 3.63) is 63.5 Å². The molecule has 0 saturated heterocycles. The fraction of sp³-hybridized carbons (Fsp3) is 0.0625. The standard InChI is InChI=1S/C16H10Cl2N4O/c1-9-13(8-19)20-15-12(6-3-7-22(9)15)21-16(23)14-10(17)4-2-5-11(14)18/h2-7H,1H3,(H,21,23). The molecule has 0 fully saturated rings. The monoisotopic (exact) mass is 344 g/mol. The SMILES string of the molecule is Cc1c(C#N)nc2c(NC(=O)c3c(Cl)cccc3Cl)cccn12. The molecule has 0 saturated carbocycles. The van der Waals surface area contributed by atoms with Gasteiger partial charge in [0, 0.05) is 6.20 Å². The highest BCUT2D eigenvalue weighted by Crippen LogP contribution is 2.26. The van der Waals surface area contributed by atoms with E-state index < -0.39 is 5.91 Å². The fourth-order valence-corrected chi connectivity index (χ4v) is 2.86. The zero-order valence-electron chi connectivity index (χ0n) is 12.0. The van der Waals surface area contributed by atoms with Gasteiger partial charge in [-0.2, -0.15) is 5.26 Å². The van der Waals surface area contributed by atoms with Crippen LogP contribution < -0.4 is 5.32 Å². The van der Waals surface area contributed by atoms with Crippen molar-refractivity contribution < 1.29 is 4.79 Å². The number of anilines is 1. The van der Waals surface area contributed by atoms with Crippen LogP contribution >= 0.6 is 23.2 Å². The van der Waals surface area contributed by atoms with Gasteiger partial charge in [0.05, 0.1) is 27.0 Å². The molecule has 0 aliphatic carbocycles. The number of benzene rings is 1. The Morgan fingerprint density at radius 3 is 2.61 bits per heavy atom. The number of aromatic nitrogens is 2. The molecule has 0 aliphatic heterocycles. The van der Waals surface area contributed by atoms with Gasteiger partial charge in [-0.15, -0.1) is 0 Å². The summed E-state index contributed by atoms with van der Waals surface area (Å²) in [4.78, 5) is 16.7. The minimum Gasteiger partial charge on any atom is -0.319 e. The van der Waals surface area contributed by atoms with Crippen LogP contribution in [0.3, 0.4) is 0 Å². The zero-order valence-corrected chi connectivity index (χ0v) is 13.5. The maximum Gasteiger partial charge on any atom is 0.258 e. The van der Waals surface area contributed by atoms with Crippen LogP contribution in [0, 0.1) is 18.3 Å². The number of aryl methyl sites for hydroxylation is 1. The van der Waals surface area contributed by atoms with Crippen molar-refractivity contribution in [1.29, 1.82) is 5.26 Å². The predicted molar refractivity (Wildman–Crippen MR) is 89.1 cm³/mol. The first kappa shape index (κ1) is 15.3. The van der Waals surface area contributed by atoms with Crippen LogP contribution in [0.2, 0.25) is 10.0 Å². The summed E-state index contributed by atoms with van der Waals surface area (Å²) in [5.74, 6) is -0.437. The van der Waals surface area contributed by atoms with Gasteiger partial charge < -0.3 is 9.72 Å². The summed E-state index contributed by atoms with van der Waals surface area (Å²) in [5.41, 5.74) is 2.16. The first-order valence-electron chi connectivity index (χ1n) is 6.66. The molecule has 0 aliphatic rings. The Morgan fingerprint density at radius 2 is 1.96 bits per heavy atom. The molecule has 0 spiro atoms. The van der Waals surface area contributed by atoms with E-state index >= 15 is 0 Å². The number of imidazole rings is 1. The average Bonchev–Trinajstić information content (AvgIpc) is 2.85. The van der Waals surface area contributed by atoms with Crippen LogP contribution in [0.5, 0.6) is 0 Å². The summed E-state index contributed by atoms with van der Waals surface area (Å²) in [6.45, 7) is 1.79. The molecule has 3 aromatic rings. The number of hydrogen-bond donors (Lipinski definition) is 1. The van der Waals surface area contributed by atoms with E-state index in [-0.39, 0.29) is 15.6 Å². The molecule has 114 valence electrons. The van der Waals surface area contributed by atoms with Crippen LogP contribution in [0.4, 0.5) is 5.69 Å². The van der Waals surface area contributed by atoms with Gasteiger partial charge in [0.25, 0.3) is 5.91 Å². The van der Waals surface area contributed by atoms with Crippen molar-refractivity contribution in [2.45, 2.75) is 6.92 Å². The molecule has 0 radical (unpaired) electrons. The maximum atomic E-state index is 12.5. The Hall–Kier alpha value is -2.55. The number of nitrogens with zero attached hydrogens (tertiary/aromatic N) is 3. The van der Waals surface area contributed by atoms with Crippen LogP contribution in [0.25, 0.3) is 5.65 Å². The molecule has 3 rings (SSSR count). The molecule has 0 unspecified atom stereocenters. The first-order chi connectivity index (χ1) is 11.0. The van der Waals surface area contributed by atoms with Gasteiger partial charge in [-0.3, -0.25) is 4.79 Å². The van der Waals surface area contributed by atoms with Crippen LogP contribution in [-0.2, 0) is 0 Å². The summed E-state index contributed by atoms with van der Waals surface area (Å²) >= 11 is 12.1. The van der Waals surface area contributed by atoms with Gasteiger partial charge in [0.1, 0.15) is 6.07 Å². The van der Waals surface area contributed by atoms with Gasteiger partial charge in [0.15, 0.2) is 11.3 Å². The Bertz CT molecular complexity index is 952. The first-order valence-corrected chi connectivity index (χ1v) is 7.41. The van der Waals surface area contributed by atoms with E-state index in [9.17, 15) is 4.79 Å². The molecule has 7 heteroatoms. The summed E-state index contributed by atoms with van der Waals surface area (Å²) in [7, 11) is 0. The molecule has 5 nitrogen and oxygen atoms in total. The lowest BCUT2D eigenvalue weighted by atomic mass is 10.2. The Kier molecular flexibility index (Phi) is 3.95. The van der Waals surface area contributed by atoms with Crippen molar-refractivity contribution in [1.82, 2.24) is 9.38 Å². The number of halogens is 2. The number of carbonyl (C=O) groups excluding carboxylic acids is 1. The third kappa shape index (κ3) is 2.63. The average molecular weight is 345 g/mol. The van der Waals surface area contributed by atoms with Gasteiger partial charge in [0.2, 0.25) is 0 Å². The lowest BCUT2D eigenvalue weighted by Gasteiger charge is -2.09. The summed E-state index contributed by atoms with van der Waals surface area (Å²) in [5, 5.41) is 12.4. The Labute approximate surface area is 142 Å². The second-order valence-corrected chi connectivity index (χ2v) is 5.64. The third-order valence-electron chi connectivity index (χ3n) is 3.43. The normalized spacial score (nSPS) is 10.5. The molecule has 23 heavy (non-hydrogen) atoms. The second-order valence-electron chi connectivity index (χ2n) is 4.82.